The van der Waals surface area contributed by atoms with Crippen molar-refractivity contribution in [2.75, 3.05) is 18.6 Å². The molecule has 0 aliphatic carbocycles. The molecule has 0 aromatic carbocycles. The Bertz CT molecular complexity index is 254. The van der Waals surface area contributed by atoms with E-state index in [1.165, 1.54) is 11.8 Å². The van der Waals surface area contributed by atoms with Crippen LogP contribution in [0.4, 0.5) is 5.95 Å². The van der Waals surface area contributed by atoms with Gasteiger partial charge in [0.05, 0.1) is 11.2 Å². The monoisotopic (exact) mass is 189 g/mol. The predicted octanol–water partition coefficient (Wildman–Crippen LogP) is 1.89. The van der Waals surface area contributed by atoms with Crippen molar-refractivity contribution in [2.24, 2.45) is 0 Å². The van der Waals surface area contributed by atoms with Crippen LogP contribution in [-0.4, -0.2) is 23.3 Å². The zero-order valence-electron chi connectivity index (χ0n) is 6.26. The van der Waals surface area contributed by atoms with Crippen LogP contribution in [0.1, 0.15) is 0 Å². The number of aromatic nitrogens is 2. The average molecular weight is 190 g/mol. The molecular weight excluding hydrogens is 182 g/mol. The second kappa shape index (κ2) is 3.78. The molecule has 0 unspecified atom stereocenters. The maximum absolute atomic E-state index is 5.78. The van der Waals surface area contributed by atoms with E-state index >= 15 is 0 Å². The SMILES string of the molecule is CNc1ncc(Cl)c(SC)n1. The summed E-state index contributed by atoms with van der Waals surface area (Å²) in [6.45, 7) is 0. The number of rotatable bonds is 2. The lowest BCUT2D eigenvalue weighted by atomic mass is 10.6. The van der Waals surface area contributed by atoms with Crippen molar-refractivity contribution in [2.45, 2.75) is 5.03 Å². The summed E-state index contributed by atoms with van der Waals surface area (Å²) in [4.78, 5) is 8.06. The zero-order valence-corrected chi connectivity index (χ0v) is 7.83. The van der Waals surface area contributed by atoms with Crippen molar-refractivity contribution < 1.29 is 0 Å². The molecule has 5 heteroatoms. The summed E-state index contributed by atoms with van der Waals surface area (Å²) in [6, 6.07) is 0. The highest BCUT2D eigenvalue weighted by atomic mass is 35.5. The van der Waals surface area contributed by atoms with Crippen LogP contribution in [0.2, 0.25) is 5.02 Å². The van der Waals surface area contributed by atoms with Gasteiger partial charge in [-0.3, -0.25) is 0 Å². The minimum absolute atomic E-state index is 0.594. The van der Waals surface area contributed by atoms with Gasteiger partial charge in [-0.15, -0.1) is 11.8 Å². The first kappa shape index (κ1) is 8.62. The Morgan fingerprint density at radius 1 is 1.64 bits per heavy atom. The molecule has 0 saturated heterocycles. The summed E-state index contributed by atoms with van der Waals surface area (Å²) >= 11 is 7.28. The molecule has 0 radical (unpaired) electrons. The Kier molecular flexibility index (Phi) is 2.96. The summed E-state index contributed by atoms with van der Waals surface area (Å²) in [5.74, 6) is 0.596. The molecule has 0 atom stereocenters. The molecule has 0 aliphatic rings. The number of anilines is 1. The lowest BCUT2D eigenvalue weighted by molar-refractivity contribution is 1.05. The van der Waals surface area contributed by atoms with Crippen LogP contribution >= 0.6 is 23.4 Å². The third-order valence-corrected chi connectivity index (χ3v) is 2.22. The summed E-state index contributed by atoms with van der Waals surface area (Å²) in [5.41, 5.74) is 0. The summed E-state index contributed by atoms with van der Waals surface area (Å²) in [5, 5.41) is 4.23. The van der Waals surface area contributed by atoms with Gasteiger partial charge in [0.15, 0.2) is 0 Å². The Labute approximate surface area is 74.6 Å². The molecule has 1 N–H and O–H groups in total. The van der Waals surface area contributed by atoms with Gasteiger partial charge < -0.3 is 5.32 Å². The highest BCUT2D eigenvalue weighted by Gasteiger charge is 2.01. The van der Waals surface area contributed by atoms with Gasteiger partial charge in [0.1, 0.15) is 5.03 Å². The van der Waals surface area contributed by atoms with Crippen LogP contribution in [0.5, 0.6) is 0 Å². The van der Waals surface area contributed by atoms with E-state index in [9.17, 15) is 0 Å². The zero-order chi connectivity index (χ0) is 8.27. The fourth-order valence-corrected chi connectivity index (χ4v) is 1.36. The van der Waals surface area contributed by atoms with Crippen LogP contribution in [0.15, 0.2) is 11.2 Å². The molecule has 1 heterocycles. The maximum Gasteiger partial charge on any atom is 0.223 e. The molecule has 1 rings (SSSR count). The van der Waals surface area contributed by atoms with E-state index in [1.807, 2.05) is 6.26 Å². The van der Waals surface area contributed by atoms with Crippen LogP contribution < -0.4 is 5.32 Å². The maximum atomic E-state index is 5.78. The molecule has 1 aromatic rings. The molecule has 1 aromatic heterocycles. The van der Waals surface area contributed by atoms with Crippen LogP contribution in [0.25, 0.3) is 0 Å². The van der Waals surface area contributed by atoms with E-state index in [0.29, 0.717) is 11.0 Å². The fraction of sp³-hybridized carbons (Fsp3) is 0.333. The summed E-state index contributed by atoms with van der Waals surface area (Å²) in [7, 11) is 1.77. The number of nitrogens with zero attached hydrogens (tertiary/aromatic N) is 2. The van der Waals surface area contributed by atoms with E-state index in [4.69, 9.17) is 11.6 Å². The third-order valence-electron chi connectivity index (χ3n) is 1.13. The van der Waals surface area contributed by atoms with E-state index in [1.54, 1.807) is 13.2 Å². The van der Waals surface area contributed by atoms with Crippen LogP contribution in [-0.2, 0) is 0 Å². The van der Waals surface area contributed by atoms with Gasteiger partial charge in [0.2, 0.25) is 5.95 Å². The Balaban J connectivity index is 3.02. The number of thioether (sulfide) groups is 1. The number of hydrogen-bond donors (Lipinski definition) is 1. The first-order valence-corrected chi connectivity index (χ1v) is 4.62. The third kappa shape index (κ3) is 1.97. The molecule has 0 aliphatic heterocycles. The Hall–Kier alpha value is -0.480. The highest BCUT2D eigenvalue weighted by molar-refractivity contribution is 7.98. The smallest absolute Gasteiger partial charge is 0.223 e. The van der Waals surface area contributed by atoms with Gasteiger partial charge in [-0.1, -0.05) is 11.6 Å². The van der Waals surface area contributed by atoms with E-state index in [0.717, 1.165) is 5.03 Å². The molecule has 0 spiro atoms. The van der Waals surface area contributed by atoms with E-state index < -0.39 is 0 Å². The van der Waals surface area contributed by atoms with Gasteiger partial charge >= 0.3 is 0 Å². The first-order valence-electron chi connectivity index (χ1n) is 3.02. The normalized spacial score (nSPS) is 9.73. The molecule has 0 bridgehead atoms. The van der Waals surface area contributed by atoms with E-state index in [2.05, 4.69) is 15.3 Å². The van der Waals surface area contributed by atoms with Gasteiger partial charge in [-0.05, 0) is 6.26 Å². The predicted molar refractivity (Wildman–Crippen MR) is 48.4 cm³/mol. The van der Waals surface area contributed by atoms with Crippen molar-refractivity contribution in [3.63, 3.8) is 0 Å². The lowest BCUT2D eigenvalue weighted by Gasteiger charge is -2.01. The number of nitrogens with one attached hydrogen (secondary N) is 1. The van der Waals surface area contributed by atoms with Gasteiger partial charge in [0, 0.05) is 7.05 Å². The molecular formula is C6H8ClN3S. The molecule has 60 valence electrons. The van der Waals surface area contributed by atoms with Crippen molar-refractivity contribution in [1.82, 2.24) is 9.97 Å². The summed E-state index contributed by atoms with van der Waals surface area (Å²) < 4.78 is 0. The first-order chi connectivity index (χ1) is 5.27. The van der Waals surface area contributed by atoms with Gasteiger partial charge in [-0.25, -0.2) is 9.97 Å². The standard InChI is InChI=1S/C6H8ClN3S/c1-8-6-9-3-4(7)5(10-6)11-2/h3H,1-2H3,(H,8,9,10). The molecule has 0 amide bonds. The molecule has 3 nitrogen and oxygen atoms in total. The van der Waals surface area contributed by atoms with Crippen molar-refractivity contribution >= 4 is 29.3 Å². The van der Waals surface area contributed by atoms with Crippen LogP contribution in [0.3, 0.4) is 0 Å². The fourth-order valence-electron chi connectivity index (χ4n) is 0.615. The Morgan fingerprint density at radius 2 is 2.36 bits per heavy atom. The quantitative estimate of drug-likeness (QED) is 0.570. The van der Waals surface area contributed by atoms with Gasteiger partial charge in [-0.2, -0.15) is 0 Å². The topological polar surface area (TPSA) is 37.8 Å². The van der Waals surface area contributed by atoms with Crippen LogP contribution in [0, 0.1) is 0 Å². The van der Waals surface area contributed by atoms with Crippen molar-refractivity contribution in [1.29, 1.82) is 0 Å². The largest absolute Gasteiger partial charge is 0.357 e. The average Bonchev–Trinajstić information content (AvgIpc) is 2.05. The van der Waals surface area contributed by atoms with Gasteiger partial charge in [0.25, 0.3) is 0 Å². The molecule has 11 heavy (non-hydrogen) atoms. The second-order valence-corrected chi connectivity index (χ2v) is 3.00. The van der Waals surface area contributed by atoms with E-state index in [-0.39, 0.29) is 0 Å². The number of hydrogen-bond acceptors (Lipinski definition) is 4. The lowest BCUT2D eigenvalue weighted by Crippen LogP contribution is -1.96. The second-order valence-electron chi connectivity index (χ2n) is 1.80. The highest BCUT2D eigenvalue weighted by Crippen LogP contribution is 2.22. The Morgan fingerprint density at radius 3 is 2.91 bits per heavy atom. The minimum Gasteiger partial charge on any atom is -0.357 e. The molecule has 0 fully saturated rings. The van der Waals surface area contributed by atoms with Crippen molar-refractivity contribution in [3.8, 4) is 0 Å². The minimum atomic E-state index is 0.594. The summed E-state index contributed by atoms with van der Waals surface area (Å²) in [6.07, 6.45) is 3.51. The number of halogens is 1. The van der Waals surface area contributed by atoms with Crippen molar-refractivity contribution in [3.05, 3.63) is 11.2 Å². The molecule has 0 saturated carbocycles.